The van der Waals surface area contributed by atoms with Crippen molar-refractivity contribution in [2.75, 3.05) is 6.54 Å². The third-order valence-electron chi connectivity index (χ3n) is 3.91. The van der Waals surface area contributed by atoms with Crippen molar-refractivity contribution >= 4 is 11.8 Å². The fraction of sp³-hybridized carbons (Fsp3) is 0.846. The lowest BCUT2D eigenvalue weighted by atomic mass is 9.97. The zero-order valence-corrected chi connectivity index (χ0v) is 10.6. The van der Waals surface area contributed by atoms with Crippen LogP contribution in [0, 0.1) is 0 Å². The van der Waals surface area contributed by atoms with Crippen LogP contribution in [-0.4, -0.2) is 35.3 Å². The van der Waals surface area contributed by atoms with Crippen LogP contribution in [0.3, 0.4) is 0 Å². The molecule has 2 unspecified atom stereocenters. The Bertz CT molecular complexity index is 280. The summed E-state index contributed by atoms with van der Waals surface area (Å²) < 4.78 is 0. The first-order chi connectivity index (χ1) is 8.20. The van der Waals surface area contributed by atoms with Crippen molar-refractivity contribution in [3.63, 3.8) is 0 Å². The average molecular weight is 238 g/mol. The predicted molar refractivity (Wildman–Crippen MR) is 65.4 cm³/mol. The van der Waals surface area contributed by atoms with E-state index in [1.807, 2.05) is 6.92 Å². The molecule has 0 aromatic rings. The second-order valence-electron chi connectivity index (χ2n) is 5.16. The predicted octanol–water partition coefficient (Wildman–Crippen LogP) is 1.45. The van der Waals surface area contributed by atoms with Crippen molar-refractivity contribution in [1.82, 2.24) is 10.2 Å². The third kappa shape index (κ3) is 2.86. The molecule has 2 fully saturated rings. The van der Waals surface area contributed by atoms with E-state index in [2.05, 4.69) is 5.32 Å². The van der Waals surface area contributed by atoms with Gasteiger partial charge in [-0.25, -0.2) is 0 Å². The summed E-state index contributed by atoms with van der Waals surface area (Å²) in [7, 11) is 0. The standard InChI is InChI=1S/C13H22N2O2/c1-10(11-6-4-5-9-14-11)15-12(16)7-2-3-8-13(15)17/h10-11,14H,2-9H2,1H3. The van der Waals surface area contributed by atoms with Gasteiger partial charge in [0.1, 0.15) is 0 Å². The molecule has 1 N–H and O–H groups in total. The van der Waals surface area contributed by atoms with Gasteiger partial charge in [0, 0.05) is 18.9 Å². The Labute approximate surface area is 103 Å². The summed E-state index contributed by atoms with van der Waals surface area (Å²) in [5, 5.41) is 3.43. The minimum absolute atomic E-state index is 0.00778. The lowest BCUT2D eigenvalue weighted by Gasteiger charge is -2.35. The summed E-state index contributed by atoms with van der Waals surface area (Å²) in [4.78, 5) is 25.5. The van der Waals surface area contributed by atoms with E-state index in [9.17, 15) is 9.59 Å². The van der Waals surface area contributed by atoms with Gasteiger partial charge in [0.2, 0.25) is 11.8 Å². The first kappa shape index (κ1) is 12.6. The minimum Gasteiger partial charge on any atom is -0.312 e. The Morgan fingerprint density at radius 2 is 1.76 bits per heavy atom. The Morgan fingerprint density at radius 1 is 1.12 bits per heavy atom. The quantitative estimate of drug-likeness (QED) is 0.741. The smallest absolute Gasteiger partial charge is 0.229 e. The van der Waals surface area contributed by atoms with Crippen LogP contribution < -0.4 is 5.32 Å². The topological polar surface area (TPSA) is 49.4 Å². The summed E-state index contributed by atoms with van der Waals surface area (Å²) in [5.41, 5.74) is 0. The Kier molecular flexibility index (Phi) is 4.15. The number of imide groups is 1. The number of carbonyl (C=O) groups excluding carboxylic acids is 2. The monoisotopic (exact) mass is 238 g/mol. The zero-order chi connectivity index (χ0) is 12.3. The number of nitrogens with zero attached hydrogens (tertiary/aromatic N) is 1. The Morgan fingerprint density at radius 3 is 2.29 bits per heavy atom. The molecule has 0 radical (unpaired) electrons. The third-order valence-corrected chi connectivity index (χ3v) is 3.91. The molecule has 17 heavy (non-hydrogen) atoms. The summed E-state index contributed by atoms with van der Waals surface area (Å²) in [6, 6.07) is 0.295. The number of nitrogens with one attached hydrogen (secondary N) is 1. The summed E-state index contributed by atoms with van der Waals surface area (Å²) in [6.07, 6.45) is 6.23. The normalized spacial score (nSPS) is 29.0. The van der Waals surface area contributed by atoms with E-state index in [0.29, 0.717) is 12.8 Å². The van der Waals surface area contributed by atoms with Gasteiger partial charge in [0.15, 0.2) is 0 Å². The number of hydrogen-bond acceptors (Lipinski definition) is 3. The van der Waals surface area contributed by atoms with E-state index >= 15 is 0 Å². The lowest BCUT2D eigenvalue weighted by molar-refractivity contribution is -0.147. The molecule has 0 aromatic heterocycles. The van der Waals surface area contributed by atoms with Gasteiger partial charge in [-0.05, 0) is 39.2 Å². The number of carbonyl (C=O) groups is 2. The molecule has 0 spiro atoms. The van der Waals surface area contributed by atoms with Crippen LogP contribution in [-0.2, 0) is 9.59 Å². The van der Waals surface area contributed by atoms with Crippen LogP contribution in [0.15, 0.2) is 0 Å². The highest BCUT2D eigenvalue weighted by molar-refractivity contribution is 5.96. The summed E-state index contributed by atoms with van der Waals surface area (Å²) >= 11 is 0. The lowest BCUT2D eigenvalue weighted by Crippen LogP contribution is -2.53. The molecule has 2 rings (SSSR count). The molecule has 2 saturated heterocycles. The molecule has 2 heterocycles. The maximum absolute atomic E-state index is 12.0. The molecule has 0 aromatic carbocycles. The van der Waals surface area contributed by atoms with Crippen molar-refractivity contribution in [2.24, 2.45) is 0 Å². The molecule has 96 valence electrons. The highest BCUT2D eigenvalue weighted by atomic mass is 16.2. The maximum atomic E-state index is 12.0. The van der Waals surface area contributed by atoms with Crippen molar-refractivity contribution in [3.05, 3.63) is 0 Å². The minimum atomic E-state index is 0.00778. The van der Waals surface area contributed by atoms with Crippen LogP contribution in [0.25, 0.3) is 0 Å². The van der Waals surface area contributed by atoms with Crippen LogP contribution in [0.4, 0.5) is 0 Å². The van der Waals surface area contributed by atoms with Crippen LogP contribution in [0.2, 0.25) is 0 Å². The highest BCUT2D eigenvalue weighted by Crippen LogP contribution is 2.20. The number of piperidine rings is 1. The van der Waals surface area contributed by atoms with E-state index in [1.54, 1.807) is 0 Å². The van der Waals surface area contributed by atoms with Crippen LogP contribution in [0.5, 0.6) is 0 Å². The van der Waals surface area contributed by atoms with Gasteiger partial charge in [0.05, 0.1) is 6.04 Å². The van der Waals surface area contributed by atoms with Gasteiger partial charge in [-0.2, -0.15) is 0 Å². The number of amides is 2. The van der Waals surface area contributed by atoms with Gasteiger partial charge in [-0.1, -0.05) is 6.42 Å². The molecular weight excluding hydrogens is 216 g/mol. The molecule has 2 aliphatic heterocycles. The fourth-order valence-corrected chi connectivity index (χ4v) is 2.86. The molecule has 4 heteroatoms. The van der Waals surface area contributed by atoms with Gasteiger partial charge >= 0.3 is 0 Å². The number of hydrogen-bond donors (Lipinski definition) is 1. The number of rotatable bonds is 2. The SMILES string of the molecule is CC(C1CCCCN1)N1C(=O)CCCCC1=O. The largest absolute Gasteiger partial charge is 0.312 e. The van der Waals surface area contributed by atoms with Gasteiger partial charge in [0.25, 0.3) is 0 Å². The molecule has 2 aliphatic rings. The van der Waals surface area contributed by atoms with Crippen LogP contribution >= 0.6 is 0 Å². The zero-order valence-electron chi connectivity index (χ0n) is 10.6. The molecule has 4 nitrogen and oxygen atoms in total. The molecule has 2 atom stereocenters. The van der Waals surface area contributed by atoms with Crippen molar-refractivity contribution in [2.45, 2.75) is 64.0 Å². The van der Waals surface area contributed by atoms with E-state index in [4.69, 9.17) is 0 Å². The van der Waals surface area contributed by atoms with Gasteiger partial charge in [-0.3, -0.25) is 14.5 Å². The Balaban J connectivity index is 2.06. The first-order valence-corrected chi connectivity index (χ1v) is 6.78. The van der Waals surface area contributed by atoms with Crippen molar-refractivity contribution in [3.8, 4) is 0 Å². The molecular formula is C13H22N2O2. The summed E-state index contributed by atoms with van der Waals surface area (Å²) in [5.74, 6) is 0.0414. The Hall–Kier alpha value is -0.900. The highest BCUT2D eigenvalue weighted by Gasteiger charge is 2.33. The molecule has 0 aliphatic carbocycles. The van der Waals surface area contributed by atoms with E-state index < -0.39 is 0 Å². The second-order valence-corrected chi connectivity index (χ2v) is 5.16. The second kappa shape index (κ2) is 5.63. The molecule has 0 saturated carbocycles. The number of likely N-dealkylation sites (tertiary alicyclic amines) is 1. The molecule has 2 amide bonds. The van der Waals surface area contributed by atoms with Crippen molar-refractivity contribution < 1.29 is 9.59 Å². The van der Waals surface area contributed by atoms with E-state index in [1.165, 1.54) is 17.7 Å². The van der Waals surface area contributed by atoms with Gasteiger partial charge in [-0.15, -0.1) is 0 Å². The van der Waals surface area contributed by atoms with Crippen LogP contribution in [0.1, 0.15) is 51.9 Å². The van der Waals surface area contributed by atoms with E-state index in [-0.39, 0.29) is 23.9 Å². The van der Waals surface area contributed by atoms with Crippen molar-refractivity contribution in [1.29, 1.82) is 0 Å². The fourth-order valence-electron chi connectivity index (χ4n) is 2.86. The maximum Gasteiger partial charge on any atom is 0.229 e. The molecule has 0 bridgehead atoms. The average Bonchev–Trinajstić information content (AvgIpc) is 2.51. The summed E-state index contributed by atoms with van der Waals surface area (Å²) in [6.45, 7) is 3.01. The van der Waals surface area contributed by atoms with Gasteiger partial charge < -0.3 is 5.32 Å². The van der Waals surface area contributed by atoms with E-state index in [0.717, 1.165) is 25.8 Å². The first-order valence-electron chi connectivity index (χ1n) is 6.78.